The first kappa shape index (κ1) is 9.65. The zero-order chi connectivity index (χ0) is 8.43. The van der Waals surface area contributed by atoms with Crippen molar-refractivity contribution in [2.45, 2.75) is 6.92 Å². The number of hydrogen-bond donors (Lipinski definition) is 1. The van der Waals surface area contributed by atoms with Crippen LogP contribution >= 0.6 is 56.5 Å². The molecule has 0 saturated heterocycles. The molecule has 0 bridgehead atoms. The van der Waals surface area contributed by atoms with Crippen molar-refractivity contribution in [1.29, 1.82) is 0 Å². The summed E-state index contributed by atoms with van der Waals surface area (Å²) in [7, 11) is 0. The van der Waals surface area contributed by atoms with E-state index in [1.165, 1.54) is 18.3 Å². The van der Waals surface area contributed by atoms with Gasteiger partial charge in [-0.15, -0.1) is 0 Å². The van der Waals surface area contributed by atoms with E-state index < -0.39 is 0 Å². The van der Waals surface area contributed by atoms with Crippen LogP contribution in [-0.2, 0) is 4.79 Å². The number of thiazole rings is 1. The Labute approximate surface area is 95.3 Å². The van der Waals surface area contributed by atoms with Crippen LogP contribution in [0.15, 0.2) is 0 Å². The summed E-state index contributed by atoms with van der Waals surface area (Å²) >= 11 is 5.80. The van der Waals surface area contributed by atoms with Crippen molar-refractivity contribution < 1.29 is 4.79 Å². The minimum atomic E-state index is -0.0773. The van der Waals surface area contributed by atoms with E-state index in [0.717, 1.165) is 6.58 Å². The Morgan fingerprint density at radius 1 is 1.64 bits per heavy atom. The molecule has 0 atom stereocenters. The third kappa shape index (κ3) is 2.82. The second kappa shape index (κ2) is 3.99. The molecule has 3 nitrogen and oxygen atoms in total. The van der Waals surface area contributed by atoms with Crippen molar-refractivity contribution in [2.75, 3.05) is 5.32 Å². The third-order valence-corrected chi connectivity index (χ3v) is 4.94. The highest BCUT2D eigenvalue weighted by atomic mass is 127. The van der Waals surface area contributed by atoms with Gasteiger partial charge < -0.3 is 5.32 Å². The predicted molar refractivity (Wildman–Crippen MR) is 61.9 cm³/mol. The number of carbonyl (C=O) groups excluding carboxylic acids is 1. The van der Waals surface area contributed by atoms with Crippen LogP contribution in [0.1, 0.15) is 6.92 Å². The normalized spacial score (nSPS) is 9.73. The molecule has 0 fully saturated rings. The fourth-order valence-corrected chi connectivity index (χ4v) is 2.60. The van der Waals surface area contributed by atoms with Crippen LogP contribution in [0.3, 0.4) is 0 Å². The van der Waals surface area contributed by atoms with E-state index in [0.29, 0.717) is 5.13 Å². The summed E-state index contributed by atoms with van der Waals surface area (Å²) in [6, 6.07) is 0. The number of aromatic nitrogens is 1. The zero-order valence-electron chi connectivity index (χ0n) is 5.52. The molecule has 60 valence electrons. The van der Waals surface area contributed by atoms with Crippen molar-refractivity contribution >= 4 is 67.6 Å². The smallest absolute Gasteiger partial charge is 0.223 e. The fraction of sp³-hybridized carbons (Fsp3) is 0.200. The van der Waals surface area contributed by atoms with Gasteiger partial charge in [-0.3, -0.25) is 4.79 Å². The average molecular weight is 394 g/mol. The van der Waals surface area contributed by atoms with Crippen molar-refractivity contribution in [3.05, 3.63) is 6.58 Å². The summed E-state index contributed by atoms with van der Waals surface area (Å²) in [6.07, 6.45) is 0. The second-order valence-corrected chi connectivity index (χ2v) is 5.60. The summed E-state index contributed by atoms with van der Waals surface area (Å²) in [5, 5.41) is 3.30. The molecule has 1 heterocycles. The average Bonchev–Trinajstić information content (AvgIpc) is 2.10. The topological polar surface area (TPSA) is 42.0 Å². The van der Waals surface area contributed by atoms with Gasteiger partial charge in [-0.1, -0.05) is 11.3 Å². The highest BCUT2D eigenvalue weighted by Gasteiger charge is 2.05. The summed E-state index contributed by atoms with van der Waals surface area (Å²) in [5.74, 6) is -0.0773. The maximum absolute atomic E-state index is 10.6. The monoisotopic (exact) mass is 394 g/mol. The van der Waals surface area contributed by atoms with Crippen LogP contribution < -0.4 is 5.32 Å². The number of hydrogen-bond acceptors (Lipinski definition) is 3. The van der Waals surface area contributed by atoms with Gasteiger partial charge in [0.05, 0.1) is 0 Å². The molecular formula is C5H4I2N2OS. The molecule has 0 aliphatic heterocycles. The number of carbonyl (C=O) groups is 1. The lowest BCUT2D eigenvalue weighted by atomic mass is 10.7. The molecule has 6 heteroatoms. The van der Waals surface area contributed by atoms with Crippen molar-refractivity contribution in [1.82, 2.24) is 4.98 Å². The minimum absolute atomic E-state index is 0.0773. The highest BCUT2D eigenvalue weighted by Crippen LogP contribution is 2.25. The van der Waals surface area contributed by atoms with E-state index in [2.05, 4.69) is 55.5 Å². The number of rotatable bonds is 1. The van der Waals surface area contributed by atoms with E-state index in [9.17, 15) is 4.79 Å². The molecule has 0 saturated carbocycles. The van der Waals surface area contributed by atoms with Crippen LogP contribution in [0, 0.1) is 6.58 Å². The van der Waals surface area contributed by atoms with Crippen LogP contribution in [0.5, 0.6) is 0 Å². The van der Waals surface area contributed by atoms with Crippen LogP contribution in [-0.4, -0.2) is 10.9 Å². The predicted octanol–water partition coefficient (Wildman–Crippen LogP) is 2.31. The lowest BCUT2D eigenvalue weighted by Gasteiger charge is -1.91. The molecule has 1 aromatic rings. The van der Waals surface area contributed by atoms with Gasteiger partial charge in [0.1, 0.15) is 6.58 Å². The number of nitrogens with one attached hydrogen (secondary N) is 1. The molecule has 0 aliphatic rings. The van der Waals surface area contributed by atoms with Crippen LogP contribution in [0.4, 0.5) is 5.13 Å². The van der Waals surface area contributed by atoms with Gasteiger partial charge in [0.25, 0.3) is 0 Å². The molecule has 1 rings (SSSR count). The third-order valence-electron chi connectivity index (χ3n) is 0.831. The molecule has 0 aromatic carbocycles. The maximum Gasteiger partial charge on any atom is 0.223 e. The lowest BCUT2D eigenvalue weighted by Crippen LogP contribution is -2.04. The van der Waals surface area contributed by atoms with Gasteiger partial charge in [-0.05, 0) is 45.2 Å². The van der Waals surface area contributed by atoms with E-state index >= 15 is 0 Å². The second-order valence-electron chi connectivity index (χ2n) is 1.76. The Bertz CT molecular complexity index is 267. The Morgan fingerprint density at radius 3 is 2.64 bits per heavy atom. The molecule has 0 aliphatic carbocycles. The largest absolute Gasteiger partial charge is 0.302 e. The first-order valence-electron chi connectivity index (χ1n) is 2.69. The molecule has 0 unspecified atom stereocenters. The van der Waals surface area contributed by atoms with Crippen molar-refractivity contribution in [3.8, 4) is 0 Å². The fourth-order valence-electron chi connectivity index (χ4n) is 0.487. The molecule has 1 amide bonds. The van der Waals surface area contributed by atoms with E-state index in [-0.39, 0.29) is 5.91 Å². The molecule has 1 N–H and O–H groups in total. The Kier molecular flexibility index (Phi) is 3.50. The number of halogens is 2. The number of nitrogens with zero attached hydrogens (tertiary/aromatic N) is 1. The Morgan fingerprint density at radius 2 is 2.27 bits per heavy atom. The van der Waals surface area contributed by atoms with Gasteiger partial charge in [-0.2, -0.15) is 0 Å². The Balaban J connectivity index is 2.81. The lowest BCUT2D eigenvalue weighted by molar-refractivity contribution is -0.114. The molecule has 0 spiro atoms. The van der Waals surface area contributed by atoms with Gasteiger partial charge in [-0.25, -0.2) is 4.98 Å². The number of anilines is 1. The standard InChI is InChI=1S/C5H4I2N2OS/c1-2(10)8-5-9-3(6)4(7)11-5/h1H3,(H,8,9,10). The van der Waals surface area contributed by atoms with E-state index in [1.54, 1.807) is 0 Å². The van der Waals surface area contributed by atoms with Gasteiger partial charge in [0.2, 0.25) is 5.91 Å². The number of amides is 1. The summed E-state index contributed by atoms with van der Waals surface area (Å²) in [6.45, 7) is 1.47. The minimum Gasteiger partial charge on any atom is -0.302 e. The van der Waals surface area contributed by atoms with E-state index in [4.69, 9.17) is 0 Å². The maximum atomic E-state index is 10.6. The summed E-state index contributed by atoms with van der Waals surface area (Å²) in [4.78, 5) is 14.7. The van der Waals surface area contributed by atoms with Gasteiger partial charge in [0, 0.05) is 6.92 Å². The quantitative estimate of drug-likeness (QED) is 0.744. The zero-order valence-corrected chi connectivity index (χ0v) is 10.7. The summed E-state index contributed by atoms with van der Waals surface area (Å²) in [5.41, 5.74) is 0. The van der Waals surface area contributed by atoms with Crippen molar-refractivity contribution in [3.63, 3.8) is 0 Å². The van der Waals surface area contributed by atoms with Gasteiger partial charge in [0.15, 0.2) is 5.13 Å². The van der Waals surface area contributed by atoms with Crippen LogP contribution in [0.2, 0.25) is 0 Å². The molecular weight excluding hydrogens is 390 g/mol. The molecule has 1 aromatic heterocycles. The first-order chi connectivity index (χ1) is 5.09. The SMILES string of the molecule is CC(=O)Nc1nc(I)c(I)s1. The Hall–Kier alpha value is 0.560. The highest BCUT2D eigenvalue weighted by molar-refractivity contribution is 14.1. The van der Waals surface area contributed by atoms with Crippen LogP contribution in [0.25, 0.3) is 0 Å². The molecule has 0 radical (unpaired) electrons. The van der Waals surface area contributed by atoms with Crippen molar-refractivity contribution in [2.24, 2.45) is 0 Å². The molecule has 11 heavy (non-hydrogen) atoms. The van der Waals surface area contributed by atoms with E-state index in [1.807, 2.05) is 0 Å². The summed E-state index contributed by atoms with van der Waals surface area (Å²) < 4.78 is 2.05. The van der Waals surface area contributed by atoms with Gasteiger partial charge >= 0.3 is 0 Å². The first-order valence-corrected chi connectivity index (χ1v) is 5.66.